The van der Waals surface area contributed by atoms with Crippen LogP contribution in [0.3, 0.4) is 0 Å². The van der Waals surface area contributed by atoms with E-state index in [-0.39, 0.29) is 0 Å². The number of aromatic nitrogens is 2. The Labute approximate surface area is 159 Å². The highest BCUT2D eigenvalue weighted by Gasteiger charge is 2.12. The molecule has 0 amide bonds. The first-order valence-corrected chi connectivity index (χ1v) is 9.44. The van der Waals surface area contributed by atoms with Gasteiger partial charge in [-0.2, -0.15) is 0 Å². The number of anilines is 1. The Hall–Kier alpha value is -2.11. The summed E-state index contributed by atoms with van der Waals surface area (Å²) in [5, 5.41) is 5.28. The molecule has 0 bridgehead atoms. The van der Waals surface area contributed by atoms with E-state index in [0.29, 0.717) is 10.9 Å². The van der Waals surface area contributed by atoms with Crippen molar-refractivity contribution in [1.82, 2.24) is 14.9 Å². The average Bonchev–Trinajstić information content (AvgIpc) is 2.66. The van der Waals surface area contributed by atoms with Crippen LogP contribution >= 0.6 is 11.6 Å². The maximum absolute atomic E-state index is 6.16. The molecule has 5 nitrogen and oxygen atoms in total. The van der Waals surface area contributed by atoms with Gasteiger partial charge >= 0.3 is 0 Å². The van der Waals surface area contributed by atoms with Crippen LogP contribution in [0.1, 0.15) is 20.3 Å². The Morgan fingerprint density at radius 2 is 1.88 bits per heavy atom. The Kier molecular flexibility index (Phi) is 6.12. The van der Waals surface area contributed by atoms with Crippen LogP contribution in [-0.4, -0.2) is 48.2 Å². The lowest BCUT2D eigenvalue weighted by Gasteiger charge is -2.18. The molecule has 6 heteroatoms. The van der Waals surface area contributed by atoms with Crippen molar-refractivity contribution in [3.63, 3.8) is 0 Å². The van der Waals surface area contributed by atoms with Gasteiger partial charge in [-0.3, -0.25) is 0 Å². The molecule has 1 aromatic carbocycles. The summed E-state index contributed by atoms with van der Waals surface area (Å²) in [7, 11) is 1.62. The number of methoxy groups -OCH3 is 1. The Morgan fingerprint density at radius 3 is 2.62 bits per heavy atom. The first-order chi connectivity index (χ1) is 12.7. The number of nitrogens with one attached hydrogen (secondary N) is 1. The SMILES string of the molecule is CCN(CC)CCCNc1c2ccc(Cl)cc2nc2ccc(OC)nc12. The zero-order chi connectivity index (χ0) is 18.5. The first kappa shape index (κ1) is 18.7. The van der Waals surface area contributed by atoms with Gasteiger partial charge in [-0.25, -0.2) is 9.97 Å². The van der Waals surface area contributed by atoms with E-state index >= 15 is 0 Å². The molecule has 0 saturated heterocycles. The summed E-state index contributed by atoms with van der Waals surface area (Å²) in [6.45, 7) is 8.49. The standard InChI is InChI=1S/C20H25ClN4O/c1-4-25(5-2)12-6-11-22-19-15-8-7-14(21)13-17(15)23-16-9-10-18(26-3)24-20(16)19/h7-10,13H,4-6,11-12H2,1-3H3,(H,22,23). The summed E-state index contributed by atoms with van der Waals surface area (Å²) in [5.74, 6) is 0.582. The quantitative estimate of drug-likeness (QED) is 0.463. The lowest BCUT2D eigenvalue weighted by Crippen LogP contribution is -2.25. The molecule has 1 N–H and O–H groups in total. The number of hydrogen-bond donors (Lipinski definition) is 1. The Balaban J connectivity index is 1.95. The number of fused-ring (bicyclic) bond motifs is 2. The highest BCUT2D eigenvalue weighted by molar-refractivity contribution is 6.31. The van der Waals surface area contributed by atoms with E-state index < -0.39 is 0 Å². The highest BCUT2D eigenvalue weighted by atomic mass is 35.5. The lowest BCUT2D eigenvalue weighted by atomic mass is 10.1. The molecule has 3 rings (SSSR count). The second kappa shape index (κ2) is 8.52. The number of nitrogens with zero attached hydrogens (tertiary/aromatic N) is 3. The highest BCUT2D eigenvalue weighted by Crippen LogP contribution is 2.32. The van der Waals surface area contributed by atoms with Crippen LogP contribution in [0, 0.1) is 0 Å². The van der Waals surface area contributed by atoms with Gasteiger partial charge in [0.25, 0.3) is 0 Å². The third kappa shape index (κ3) is 4.00. The van der Waals surface area contributed by atoms with E-state index in [0.717, 1.165) is 60.2 Å². The van der Waals surface area contributed by atoms with Crippen LogP contribution < -0.4 is 10.1 Å². The Bertz CT molecular complexity index is 896. The minimum atomic E-state index is 0.582. The molecular formula is C20H25ClN4O. The van der Waals surface area contributed by atoms with Crippen LogP contribution in [0.5, 0.6) is 5.88 Å². The summed E-state index contributed by atoms with van der Waals surface area (Å²) in [6, 6.07) is 9.54. The smallest absolute Gasteiger partial charge is 0.213 e. The first-order valence-electron chi connectivity index (χ1n) is 9.06. The molecule has 138 valence electrons. The van der Waals surface area contributed by atoms with Crippen molar-refractivity contribution in [3.05, 3.63) is 35.4 Å². The van der Waals surface area contributed by atoms with E-state index in [1.807, 2.05) is 30.3 Å². The monoisotopic (exact) mass is 372 g/mol. The predicted octanol–water partition coefficient (Wildman–Crippen LogP) is 4.59. The minimum Gasteiger partial charge on any atom is -0.481 e. The second-order valence-electron chi connectivity index (χ2n) is 6.18. The molecule has 2 aromatic heterocycles. The van der Waals surface area contributed by atoms with Gasteiger partial charge in [0.05, 0.1) is 23.8 Å². The van der Waals surface area contributed by atoms with Crippen LogP contribution in [-0.2, 0) is 0 Å². The summed E-state index contributed by atoms with van der Waals surface area (Å²) in [4.78, 5) is 11.8. The van der Waals surface area contributed by atoms with Gasteiger partial charge in [0.1, 0.15) is 5.52 Å². The molecule has 0 spiro atoms. The van der Waals surface area contributed by atoms with Crippen LogP contribution in [0.4, 0.5) is 5.69 Å². The zero-order valence-electron chi connectivity index (χ0n) is 15.6. The van der Waals surface area contributed by atoms with Crippen LogP contribution in [0.25, 0.3) is 21.9 Å². The summed E-state index contributed by atoms with van der Waals surface area (Å²) >= 11 is 6.16. The summed E-state index contributed by atoms with van der Waals surface area (Å²) in [5.41, 5.74) is 3.50. The molecule has 0 unspecified atom stereocenters. The average molecular weight is 373 g/mol. The summed E-state index contributed by atoms with van der Waals surface area (Å²) < 4.78 is 5.30. The maximum atomic E-state index is 6.16. The molecule has 0 atom stereocenters. The van der Waals surface area contributed by atoms with Crippen LogP contribution in [0.2, 0.25) is 5.02 Å². The topological polar surface area (TPSA) is 50.3 Å². The maximum Gasteiger partial charge on any atom is 0.213 e. The van der Waals surface area contributed by atoms with Crippen molar-refractivity contribution in [2.75, 3.05) is 38.6 Å². The largest absolute Gasteiger partial charge is 0.481 e. The lowest BCUT2D eigenvalue weighted by molar-refractivity contribution is 0.303. The molecule has 0 saturated carbocycles. The third-order valence-electron chi connectivity index (χ3n) is 4.61. The van der Waals surface area contributed by atoms with E-state index in [2.05, 4.69) is 29.0 Å². The van der Waals surface area contributed by atoms with E-state index in [1.165, 1.54) is 0 Å². The number of hydrogen-bond acceptors (Lipinski definition) is 5. The van der Waals surface area contributed by atoms with Gasteiger partial charge in [0, 0.05) is 23.0 Å². The van der Waals surface area contributed by atoms with E-state index in [1.54, 1.807) is 7.11 Å². The van der Waals surface area contributed by atoms with E-state index in [4.69, 9.17) is 21.3 Å². The second-order valence-corrected chi connectivity index (χ2v) is 6.61. The van der Waals surface area contributed by atoms with Gasteiger partial charge in [-0.05, 0) is 50.3 Å². The number of pyridine rings is 2. The predicted molar refractivity (Wildman–Crippen MR) is 110 cm³/mol. The van der Waals surface area contributed by atoms with Crippen molar-refractivity contribution in [2.24, 2.45) is 0 Å². The zero-order valence-corrected chi connectivity index (χ0v) is 16.3. The number of halogens is 1. The molecule has 3 aromatic rings. The molecule has 0 aliphatic rings. The van der Waals surface area contributed by atoms with Crippen molar-refractivity contribution in [1.29, 1.82) is 0 Å². The van der Waals surface area contributed by atoms with E-state index in [9.17, 15) is 0 Å². The van der Waals surface area contributed by atoms with Crippen LogP contribution in [0.15, 0.2) is 30.3 Å². The van der Waals surface area contributed by atoms with Gasteiger partial charge in [0.15, 0.2) is 0 Å². The van der Waals surface area contributed by atoms with Crippen molar-refractivity contribution in [2.45, 2.75) is 20.3 Å². The fourth-order valence-electron chi connectivity index (χ4n) is 3.12. The van der Waals surface area contributed by atoms with Crippen molar-refractivity contribution < 1.29 is 4.74 Å². The fraction of sp³-hybridized carbons (Fsp3) is 0.400. The molecule has 0 fully saturated rings. The Morgan fingerprint density at radius 1 is 1.08 bits per heavy atom. The minimum absolute atomic E-state index is 0.582. The molecule has 2 heterocycles. The number of ether oxygens (including phenoxy) is 1. The fourth-order valence-corrected chi connectivity index (χ4v) is 3.29. The number of rotatable bonds is 8. The molecule has 0 radical (unpaired) electrons. The van der Waals surface area contributed by atoms with Gasteiger partial charge in [0.2, 0.25) is 5.88 Å². The van der Waals surface area contributed by atoms with Gasteiger partial charge in [-0.15, -0.1) is 0 Å². The van der Waals surface area contributed by atoms with Gasteiger partial charge < -0.3 is 15.0 Å². The summed E-state index contributed by atoms with van der Waals surface area (Å²) in [6.07, 6.45) is 1.06. The normalized spacial score (nSPS) is 11.4. The molecular weight excluding hydrogens is 348 g/mol. The van der Waals surface area contributed by atoms with Crippen molar-refractivity contribution in [3.8, 4) is 5.88 Å². The third-order valence-corrected chi connectivity index (χ3v) is 4.85. The van der Waals surface area contributed by atoms with Crippen molar-refractivity contribution >= 4 is 39.2 Å². The molecule has 0 aliphatic carbocycles. The number of benzene rings is 1. The van der Waals surface area contributed by atoms with Gasteiger partial charge in [-0.1, -0.05) is 25.4 Å². The molecule has 26 heavy (non-hydrogen) atoms. The molecule has 0 aliphatic heterocycles.